The molecule has 0 spiro atoms. The fourth-order valence-electron chi connectivity index (χ4n) is 1.78. The second-order valence-electron chi connectivity index (χ2n) is 4.63. The van der Waals surface area contributed by atoms with Crippen molar-refractivity contribution < 1.29 is 4.74 Å². The van der Waals surface area contributed by atoms with Gasteiger partial charge in [-0.1, -0.05) is 37.3 Å². The van der Waals surface area contributed by atoms with E-state index in [9.17, 15) is 0 Å². The first-order valence-electron chi connectivity index (χ1n) is 7.43. The van der Waals surface area contributed by atoms with Crippen LogP contribution in [0.15, 0.2) is 35.3 Å². The molecule has 0 heterocycles. The van der Waals surface area contributed by atoms with Gasteiger partial charge in [-0.2, -0.15) is 0 Å². The van der Waals surface area contributed by atoms with Crippen molar-refractivity contribution in [1.29, 1.82) is 0 Å². The Bertz CT molecular complexity index is 371. The monoisotopic (exact) mass is 405 g/mol. The average molecular weight is 405 g/mol. The van der Waals surface area contributed by atoms with E-state index >= 15 is 0 Å². The molecule has 21 heavy (non-hydrogen) atoms. The van der Waals surface area contributed by atoms with Crippen molar-refractivity contribution in [2.45, 2.75) is 26.2 Å². The fourth-order valence-corrected chi connectivity index (χ4v) is 1.78. The van der Waals surface area contributed by atoms with Gasteiger partial charge in [0.1, 0.15) is 0 Å². The molecule has 0 saturated heterocycles. The molecule has 0 radical (unpaired) electrons. The summed E-state index contributed by atoms with van der Waals surface area (Å²) in [5, 5.41) is 6.51. The molecule has 0 fully saturated rings. The molecule has 0 aliphatic rings. The molecule has 0 aromatic heterocycles. The Hall–Kier alpha value is -0.820. The lowest BCUT2D eigenvalue weighted by Crippen LogP contribution is -2.38. The summed E-state index contributed by atoms with van der Waals surface area (Å²) < 4.78 is 5.63. The molecule has 1 rings (SSSR count). The minimum atomic E-state index is 0. The third-order valence-electron chi connectivity index (χ3n) is 2.90. The van der Waals surface area contributed by atoms with Crippen molar-refractivity contribution in [3.8, 4) is 0 Å². The van der Waals surface area contributed by atoms with Crippen LogP contribution in [0, 0.1) is 0 Å². The zero-order valence-corrected chi connectivity index (χ0v) is 15.4. The van der Waals surface area contributed by atoms with E-state index < -0.39 is 0 Å². The molecule has 0 atom stereocenters. The second-order valence-corrected chi connectivity index (χ2v) is 4.63. The molecule has 2 N–H and O–H groups in total. The number of guanidine groups is 1. The fraction of sp³-hybridized carbons (Fsp3) is 0.562. The Morgan fingerprint density at radius 1 is 1.10 bits per heavy atom. The number of halogens is 1. The van der Waals surface area contributed by atoms with Crippen molar-refractivity contribution in [2.75, 3.05) is 33.4 Å². The van der Waals surface area contributed by atoms with Crippen molar-refractivity contribution in [3.05, 3.63) is 35.9 Å². The van der Waals surface area contributed by atoms with Crippen LogP contribution in [-0.2, 0) is 11.2 Å². The summed E-state index contributed by atoms with van der Waals surface area (Å²) in [6.45, 7) is 5.54. The van der Waals surface area contributed by atoms with E-state index in [-0.39, 0.29) is 24.0 Å². The van der Waals surface area contributed by atoms with Gasteiger partial charge in [0.25, 0.3) is 0 Å². The molecule has 4 nitrogen and oxygen atoms in total. The molecule has 0 bridgehead atoms. The lowest BCUT2D eigenvalue weighted by molar-refractivity contribution is 0.135. The maximum absolute atomic E-state index is 5.63. The number of nitrogens with zero attached hydrogens (tertiary/aromatic N) is 1. The quantitative estimate of drug-likeness (QED) is 0.288. The third-order valence-corrected chi connectivity index (χ3v) is 2.90. The maximum atomic E-state index is 5.63. The van der Waals surface area contributed by atoms with Gasteiger partial charge in [0.15, 0.2) is 5.96 Å². The minimum absolute atomic E-state index is 0. The highest BCUT2D eigenvalue weighted by atomic mass is 127. The van der Waals surface area contributed by atoms with E-state index in [0.29, 0.717) is 0 Å². The first kappa shape index (κ1) is 20.2. The van der Waals surface area contributed by atoms with E-state index in [1.807, 2.05) is 6.07 Å². The van der Waals surface area contributed by atoms with E-state index in [1.54, 1.807) is 7.05 Å². The summed E-state index contributed by atoms with van der Waals surface area (Å²) in [6.07, 6.45) is 3.07. The molecular formula is C16H28IN3O. The zero-order valence-electron chi connectivity index (χ0n) is 13.1. The highest BCUT2D eigenvalue weighted by molar-refractivity contribution is 14.0. The average Bonchev–Trinajstić information content (AvgIpc) is 2.50. The van der Waals surface area contributed by atoms with E-state index in [4.69, 9.17) is 4.74 Å². The molecule has 0 amide bonds. The molecule has 0 unspecified atom stereocenters. The highest BCUT2D eigenvalue weighted by Gasteiger charge is 1.96. The Morgan fingerprint density at radius 3 is 2.48 bits per heavy atom. The maximum Gasteiger partial charge on any atom is 0.190 e. The molecular weight excluding hydrogens is 377 g/mol. The van der Waals surface area contributed by atoms with Crippen molar-refractivity contribution in [2.24, 2.45) is 4.99 Å². The number of ether oxygens (including phenoxy) is 1. The lowest BCUT2D eigenvalue weighted by atomic mass is 10.2. The number of hydrogen-bond donors (Lipinski definition) is 2. The zero-order chi connectivity index (χ0) is 14.5. The van der Waals surface area contributed by atoms with Crippen LogP contribution in [0.3, 0.4) is 0 Å². The van der Waals surface area contributed by atoms with Crippen LogP contribution in [0.4, 0.5) is 0 Å². The number of nitrogens with one attached hydrogen (secondary N) is 2. The summed E-state index contributed by atoms with van der Waals surface area (Å²) in [7, 11) is 1.79. The van der Waals surface area contributed by atoms with Gasteiger partial charge in [0.05, 0.1) is 6.61 Å². The van der Waals surface area contributed by atoms with E-state index in [0.717, 1.165) is 51.5 Å². The van der Waals surface area contributed by atoms with E-state index in [1.165, 1.54) is 5.56 Å². The molecule has 5 heteroatoms. The van der Waals surface area contributed by atoms with Crippen LogP contribution in [0.5, 0.6) is 0 Å². The van der Waals surface area contributed by atoms with Crippen LogP contribution in [0.2, 0.25) is 0 Å². The van der Waals surface area contributed by atoms with Crippen molar-refractivity contribution >= 4 is 29.9 Å². The standard InChI is InChI=1S/C16H27N3O.HI/c1-3-11-18-16(17-2)19-12-7-13-20-14-10-15-8-5-4-6-9-15;/h4-6,8-9H,3,7,10-14H2,1-2H3,(H2,17,18,19);1H. The summed E-state index contributed by atoms with van der Waals surface area (Å²) in [5.41, 5.74) is 1.33. The van der Waals surface area contributed by atoms with Crippen LogP contribution in [0.1, 0.15) is 25.3 Å². The van der Waals surface area contributed by atoms with Gasteiger partial charge in [-0.25, -0.2) is 0 Å². The Kier molecular flexibility index (Phi) is 13.6. The van der Waals surface area contributed by atoms with Crippen LogP contribution in [-0.4, -0.2) is 39.3 Å². The van der Waals surface area contributed by atoms with Crippen LogP contribution < -0.4 is 10.6 Å². The second kappa shape index (κ2) is 14.1. The van der Waals surface area contributed by atoms with E-state index in [2.05, 4.69) is 46.8 Å². The lowest BCUT2D eigenvalue weighted by Gasteiger charge is -2.11. The highest BCUT2D eigenvalue weighted by Crippen LogP contribution is 1.99. The summed E-state index contributed by atoms with van der Waals surface area (Å²) in [5.74, 6) is 0.871. The first-order chi connectivity index (χ1) is 9.86. The Labute approximate surface area is 145 Å². The number of hydrogen-bond acceptors (Lipinski definition) is 2. The van der Waals surface area contributed by atoms with Gasteiger partial charge in [0.2, 0.25) is 0 Å². The first-order valence-corrected chi connectivity index (χ1v) is 7.43. The van der Waals surface area contributed by atoms with Crippen molar-refractivity contribution in [3.63, 3.8) is 0 Å². The number of rotatable bonds is 9. The van der Waals surface area contributed by atoms with Gasteiger partial charge in [-0.3, -0.25) is 4.99 Å². The summed E-state index contributed by atoms with van der Waals surface area (Å²) in [6, 6.07) is 10.4. The smallest absolute Gasteiger partial charge is 0.190 e. The molecule has 120 valence electrons. The molecule has 1 aromatic rings. The summed E-state index contributed by atoms with van der Waals surface area (Å²) >= 11 is 0. The predicted octanol–water partition coefficient (Wildman–Crippen LogP) is 2.83. The number of benzene rings is 1. The Morgan fingerprint density at radius 2 is 1.81 bits per heavy atom. The minimum Gasteiger partial charge on any atom is -0.381 e. The SMILES string of the molecule is CCCNC(=NC)NCCCOCCc1ccccc1.I. The molecule has 0 aliphatic carbocycles. The van der Waals surface area contributed by atoms with Crippen LogP contribution in [0.25, 0.3) is 0 Å². The molecule has 0 saturated carbocycles. The van der Waals surface area contributed by atoms with Gasteiger partial charge < -0.3 is 15.4 Å². The largest absolute Gasteiger partial charge is 0.381 e. The Balaban J connectivity index is 0.00000400. The summed E-state index contributed by atoms with van der Waals surface area (Å²) in [4.78, 5) is 4.15. The topological polar surface area (TPSA) is 45.7 Å². The van der Waals surface area contributed by atoms with Gasteiger partial charge in [-0.15, -0.1) is 24.0 Å². The molecule has 1 aromatic carbocycles. The predicted molar refractivity (Wildman–Crippen MR) is 101 cm³/mol. The molecule has 0 aliphatic heterocycles. The normalized spacial score (nSPS) is 10.9. The van der Waals surface area contributed by atoms with Gasteiger partial charge in [-0.05, 0) is 24.8 Å². The van der Waals surface area contributed by atoms with Gasteiger partial charge in [0, 0.05) is 26.7 Å². The number of aliphatic imine (C=N–C) groups is 1. The third kappa shape index (κ3) is 10.5. The van der Waals surface area contributed by atoms with Gasteiger partial charge >= 0.3 is 0 Å². The van der Waals surface area contributed by atoms with Crippen molar-refractivity contribution in [1.82, 2.24) is 10.6 Å². The van der Waals surface area contributed by atoms with Crippen LogP contribution >= 0.6 is 24.0 Å².